The van der Waals surface area contributed by atoms with Gasteiger partial charge in [-0.25, -0.2) is 13.8 Å². The van der Waals surface area contributed by atoms with Gasteiger partial charge in [-0.15, -0.1) is 0 Å². The van der Waals surface area contributed by atoms with Gasteiger partial charge in [0.2, 0.25) is 0 Å². The molecule has 0 N–H and O–H groups in total. The standard InChI is InChI=1S/C23H10ClF5N2/c24-20-10-12-4-5-13(21-17(23(27,28)29)2-1-3-18(21)25)8-16(12)22(31-20)14-6-7-15(11-30)19(26)9-14/h1-10H. The molecular formula is C23H10ClF5N2. The van der Waals surface area contributed by atoms with E-state index in [0.717, 1.165) is 24.3 Å². The third kappa shape index (κ3) is 3.82. The van der Waals surface area contributed by atoms with Gasteiger partial charge in [0, 0.05) is 16.5 Å². The van der Waals surface area contributed by atoms with Crippen molar-refractivity contribution in [3.8, 4) is 28.5 Å². The second kappa shape index (κ2) is 7.64. The Bertz CT molecular complexity index is 1370. The molecule has 8 heteroatoms. The summed E-state index contributed by atoms with van der Waals surface area (Å²) in [6.07, 6.45) is -4.76. The number of pyridine rings is 1. The van der Waals surface area contributed by atoms with Crippen molar-refractivity contribution < 1.29 is 22.0 Å². The number of aromatic nitrogens is 1. The van der Waals surface area contributed by atoms with Crippen molar-refractivity contribution in [3.05, 3.63) is 88.6 Å². The average molecular weight is 445 g/mol. The van der Waals surface area contributed by atoms with Crippen LogP contribution in [-0.2, 0) is 6.18 Å². The van der Waals surface area contributed by atoms with Gasteiger partial charge in [-0.3, -0.25) is 0 Å². The number of halogens is 6. The van der Waals surface area contributed by atoms with Crippen molar-refractivity contribution in [1.29, 1.82) is 5.26 Å². The lowest BCUT2D eigenvalue weighted by atomic mass is 9.94. The largest absolute Gasteiger partial charge is 0.417 e. The predicted molar refractivity (Wildman–Crippen MR) is 107 cm³/mol. The van der Waals surface area contributed by atoms with Crippen molar-refractivity contribution in [3.63, 3.8) is 0 Å². The molecule has 0 aliphatic carbocycles. The van der Waals surface area contributed by atoms with Crippen LogP contribution in [0, 0.1) is 23.0 Å². The van der Waals surface area contributed by atoms with E-state index in [1.54, 1.807) is 6.07 Å². The fourth-order valence-corrected chi connectivity index (χ4v) is 3.60. The number of fused-ring (bicyclic) bond motifs is 1. The summed E-state index contributed by atoms with van der Waals surface area (Å²) in [5.41, 5.74) is -1.43. The SMILES string of the molecule is N#Cc1ccc(-c2nc(Cl)cc3ccc(-c4c(F)cccc4C(F)(F)F)cc23)cc1F. The van der Waals surface area contributed by atoms with Crippen LogP contribution in [0.4, 0.5) is 22.0 Å². The molecule has 1 heterocycles. The van der Waals surface area contributed by atoms with Crippen molar-refractivity contribution in [2.45, 2.75) is 6.18 Å². The van der Waals surface area contributed by atoms with Crippen molar-refractivity contribution in [2.75, 3.05) is 0 Å². The minimum absolute atomic E-state index is 0.0163. The maximum atomic E-state index is 14.5. The zero-order valence-corrected chi connectivity index (χ0v) is 16.2. The molecule has 4 rings (SSSR count). The lowest BCUT2D eigenvalue weighted by molar-refractivity contribution is -0.137. The van der Waals surface area contributed by atoms with E-state index in [1.807, 2.05) is 0 Å². The van der Waals surface area contributed by atoms with Crippen LogP contribution < -0.4 is 0 Å². The Morgan fingerprint density at radius 2 is 1.61 bits per heavy atom. The molecule has 0 amide bonds. The smallest absolute Gasteiger partial charge is 0.235 e. The zero-order valence-electron chi connectivity index (χ0n) is 15.4. The third-order valence-electron chi connectivity index (χ3n) is 4.77. The first-order valence-corrected chi connectivity index (χ1v) is 9.23. The summed E-state index contributed by atoms with van der Waals surface area (Å²) in [5.74, 6) is -1.80. The van der Waals surface area contributed by atoms with E-state index in [4.69, 9.17) is 16.9 Å². The number of rotatable bonds is 2. The highest BCUT2D eigenvalue weighted by Crippen LogP contribution is 2.40. The van der Waals surface area contributed by atoms with E-state index in [1.165, 1.54) is 36.4 Å². The molecule has 1 aromatic heterocycles. The Labute approximate surface area is 178 Å². The van der Waals surface area contributed by atoms with Crippen LogP contribution in [0.25, 0.3) is 33.2 Å². The summed E-state index contributed by atoms with van der Waals surface area (Å²) >= 11 is 6.07. The third-order valence-corrected chi connectivity index (χ3v) is 4.97. The number of alkyl halides is 3. The molecule has 2 nitrogen and oxygen atoms in total. The van der Waals surface area contributed by atoms with Gasteiger partial charge in [-0.2, -0.15) is 18.4 Å². The van der Waals surface area contributed by atoms with Crippen molar-refractivity contribution >= 4 is 22.4 Å². The molecule has 154 valence electrons. The monoisotopic (exact) mass is 444 g/mol. The lowest BCUT2D eigenvalue weighted by Gasteiger charge is -2.15. The van der Waals surface area contributed by atoms with E-state index in [-0.39, 0.29) is 27.5 Å². The first-order chi connectivity index (χ1) is 14.7. The van der Waals surface area contributed by atoms with Crippen LogP contribution in [0.15, 0.2) is 60.7 Å². The Morgan fingerprint density at radius 1 is 0.871 bits per heavy atom. The Kier molecular flexibility index (Phi) is 5.11. The summed E-state index contributed by atoms with van der Waals surface area (Å²) in [7, 11) is 0. The van der Waals surface area contributed by atoms with E-state index >= 15 is 0 Å². The number of nitrogens with zero attached hydrogens (tertiary/aromatic N) is 2. The molecule has 3 aromatic carbocycles. The summed E-state index contributed by atoms with van der Waals surface area (Å²) in [4.78, 5) is 4.20. The zero-order chi connectivity index (χ0) is 22.3. The summed E-state index contributed by atoms with van der Waals surface area (Å²) < 4.78 is 69.1. The summed E-state index contributed by atoms with van der Waals surface area (Å²) in [6.45, 7) is 0. The Balaban J connectivity index is 2.00. The van der Waals surface area contributed by atoms with Gasteiger partial charge < -0.3 is 0 Å². The minimum Gasteiger partial charge on any atom is -0.235 e. The number of hydrogen-bond acceptors (Lipinski definition) is 2. The van der Waals surface area contributed by atoms with Crippen LogP contribution in [0.2, 0.25) is 5.15 Å². The van der Waals surface area contributed by atoms with Crippen LogP contribution in [0.3, 0.4) is 0 Å². The maximum absolute atomic E-state index is 14.5. The molecule has 0 aliphatic rings. The van der Waals surface area contributed by atoms with Gasteiger partial charge in [0.25, 0.3) is 0 Å². The molecule has 0 saturated heterocycles. The molecule has 0 fully saturated rings. The number of benzene rings is 3. The predicted octanol–water partition coefficient (Wildman–Crippen LogP) is 7.39. The first-order valence-electron chi connectivity index (χ1n) is 8.85. The molecule has 0 spiro atoms. The maximum Gasteiger partial charge on any atom is 0.417 e. The van der Waals surface area contributed by atoms with Gasteiger partial charge >= 0.3 is 6.18 Å². The highest BCUT2D eigenvalue weighted by molar-refractivity contribution is 6.30. The van der Waals surface area contributed by atoms with Crippen LogP contribution in [0.1, 0.15) is 11.1 Å². The fraction of sp³-hybridized carbons (Fsp3) is 0.0435. The van der Waals surface area contributed by atoms with Crippen LogP contribution >= 0.6 is 11.6 Å². The lowest BCUT2D eigenvalue weighted by Crippen LogP contribution is -2.08. The normalized spacial score (nSPS) is 11.5. The molecule has 0 saturated carbocycles. The van der Waals surface area contributed by atoms with E-state index in [0.29, 0.717) is 10.8 Å². The summed E-state index contributed by atoms with van der Waals surface area (Å²) in [5, 5.41) is 9.88. The average Bonchev–Trinajstić information content (AvgIpc) is 2.72. The van der Waals surface area contributed by atoms with Gasteiger partial charge in [0.05, 0.1) is 16.8 Å². The molecule has 0 atom stereocenters. The van der Waals surface area contributed by atoms with Gasteiger partial charge in [0.1, 0.15) is 22.9 Å². The Morgan fingerprint density at radius 3 is 2.29 bits per heavy atom. The van der Waals surface area contributed by atoms with Crippen molar-refractivity contribution in [1.82, 2.24) is 4.98 Å². The van der Waals surface area contributed by atoms with E-state index in [2.05, 4.69) is 4.98 Å². The summed E-state index contributed by atoms with van der Waals surface area (Å²) in [6, 6.07) is 14.0. The molecule has 0 radical (unpaired) electrons. The van der Waals surface area contributed by atoms with E-state index < -0.39 is 28.9 Å². The number of hydrogen-bond donors (Lipinski definition) is 0. The molecule has 0 unspecified atom stereocenters. The minimum atomic E-state index is -4.76. The highest BCUT2D eigenvalue weighted by atomic mass is 35.5. The molecular weight excluding hydrogens is 435 g/mol. The molecule has 0 aliphatic heterocycles. The van der Waals surface area contributed by atoms with Crippen LogP contribution in [-0.4, -0.2) is 4.98 Å². The molecule has 4 aromatic rings. The van der Waals surface area contributed by atoms with Gasteiger partial charge in [-0.1, -0.05) is 35.9 Å². The second-order valence-corrected chi connectivity index (χ2v) is 7.08. The van der Waals surface area contributed by atoms with Gasteiger partial charge in [0.15, 0.2) is 0 Å². The number of nitriles is 1. The van der Waals surface area contributed by atoms with E-state index in [9.17, 15) is 22.0 Å². The quantitative estimate of drug-likeness (QED) is 0.239. The van der Waals surface area contributed by atoms with Crippen LogP contribution in [0.5, 0.6) is 0 Å². The molecule has 31 heavy (non-hydrogen) atoms. The Hall–Kier alpha value is -3.50. The molecule has 0 bridgehead atoms. The topological polar surface area (TPSA) is 36.7 Å². The fourth-order valence-electron chi connectivity index (χ4n) is 3.40. The second-order valence-electron chi connectivity index (χ2n) is 6.70. The first kappa shape index (κ1) is 20.8. The highest BCUT2D eigenvalue weighted by Gasteiger charge is 2.35. The van der Waals surface area contributed by atoms with Gasteiger partial charge in [-0.05, 0) is 47.3 Å². The van der Waals surface area contributed by atoms with Crippen molar-refractivity contribution in [2.24, 2.45) is 0 Å².